The first kappa shape index (κ1) is 22.6. The summed E-state index contributed by atoms with van der Waals surface area (Å²) in [6, 6.07) is 17.7. The van der Waals surface area contributed by atoms with E-state index >= 15 is 0 Å². The molecule has 1 aliphatic heterocycles. The van der Waals surface area contributed by atoms with Crippen LogP contribution in [0.3, 0.4) is 0 Å². The van der Waals surface area contributed by atoms with Crippen molar-refractivity contribution in [3.8, 4) is 11.1 Å². The van der Waals surface area contributed by atoms with E-state index in [1.54, 1.807) is 7.05 Å². The Morgan fingerprint density at radius 2 is 1.69 bits per heavy atom. The quantitative estimate of drug-likeness (QED) is 0.537. The Balaban J connectivity index is 1.18. The fraction of sp³-hybridized carbons (Fsp3) is 0.280. The van der Waals surface area contributed by atoms with E-state index in [9.17, 15) is 14.4 Å². The summed E-state index contributed by atoms with van der Waals surface area (Å²) < 4.78 is 12.1. The number of carbonyl (C=O) groups excluding carboxylic acids is 2. The molecule has 0 saturated carbocycles. The Bertz CT molecular complexity index is 1250. The SMILES string of the molecule is Cn1nc(NC(=O)OCC2c3ccccc3-c3ccccc32)cc1C(=O)N1CC(OCC(=O)O)C1. The van der Waals surface area contributed by atoms with Gasteiger partial charge in [-0.1, -0.05) is 48.5 Å². The molecule has 0 spiro atoms. The Morgan fingerprint density at radius 3 is 2.31 bits per heavy atom. The normalized spacial score (nSPS) is 14.7. The van der Waals surface area contributed by atoms with E-state index in [1.807, 2.05) is 36.4 Å². The van der Waals surface area contributed by atoms with Gasteiger partial charge in [-0.3, -0.25) is 14.8 Å². The molecule has 180 valence electrons. The molecule has 0 unspecified atom stereocenters. The van der Waals surface area contributed by atoms with Crippen LogP contribution < -0.4 is 5.32 Å². The fourth-order valence-electron chi connectivity index (χ4n) is 4.53. The Morgan fingerprint density at radius 1 is 1.06 bits per heavy atom. The zero-order valence-corrected chi connectivity index (χ0v) is 19.0. The zero-order valence-electron chi connectivity index (χ0n) is 19.0. The van der Waals surface area contributed by atoms with Crippen LogP contribution in [0.5, 0.6) is 0 Å². The Kier molecular flexibility index (Phi) is 5.96. The van der Waals surface area contributed by atoms with Crippen LogP contribution in [0, 0.1) is 0 Å². The number of nitrogens with one attached hydrogen (secondary N) is 1. The number of aliphatic carboxylic acids is 1. The van der Waals surface area contributed by atoms with Crippen molar-refractivity contribution in [3.63, 3.8) is 0 Å². The van der Waals surface area contributed by atoms with Crippen molar-refractivity contribution < 1.29 is 29.0 Å². The van der Waals surface area contributed by atoms with Gasteiger partial charge in [0, 0.05) is 32.1 Å². The predicted octanol–water partition coefficient (Wildman–Crippen LogP) is 2.71. The summed E-state index contributed by atoms with van der Waals surface area (Å²) in [6.45, 7) is 0.371. The third kappa shape index (κ3) is 4.47. The van der Waals surface area contributed by atoms with Crippen molar-refractivity contribution in [3.05, 3.63) is 71.4 Å². The number of carboxylic acid groups (broad SMARTS) is 1. The number of carboxylic acids is 1. The van der Waals surface area contributed by atoms with Crippen LogP contribution in [0.1, 0.15) is 27.5 Å². The van der Waals surface area contributed by atoms with Gasteiger partial charge in [0.25, 0.3) is 5.91 Å². The lowest BCUT2D eigenvalue weighted by molar-refractivity contribution is -0.147. The van der Waals surface area contributed by atoms with Gasteiger partial charge in [-0.25, -0.2) is 9.59 Å². The van der Waals surface area contributed by atoms with E-state index < -0.39 is 18.7 Å². The lowest BCUT2D eigenvalue weighted by Crippen LogP contribution is -2.55. The van der Waals surface area contributed by atoms with Crippen LogP contribution in [0.15, 0.2) is 54.6 Å². The molecule has 2 aromatic carbocycles. The number of carbonyl (C=O) groups is 3. The van der Waals surface area contributed by atoms with E-state index in [4.69, 9.17) is 14.6 Å². The molecule has 2 amide bonds. The highest BCUT2D eigenvalue weighted by Crippen LogP contribution is 2.44. The van der Waals surface area contributed by atoms with Crippen molar-refractivity contribution in [1.29, 1.82) is 0 Å². The first-order valence-electron chi connectivity index (χ1n) is 11.2. The largest absolute Gasteiger partial charge is 0.480 e. The minimum atomic E-state index is -1.05. The van der Waals surface area contributed by atoms with Crippen LogP contribution in [0.2, 0.25) is 0 Å². The highest BCUT2D eigenvalue weighted by atomic mass is 16.5. The summed E-state index contributed by atoms with van der Waals surface area (Å²) in [7, 11) is 1.61. The molecule has 1 saturated heterocycles. The molecular formula is C25H24N4O6. The first-order chi connectivity index (χ1) is 16.9. The van der Waals surface area contributed by atoms with Crippen LogP contribution in [-0.4, -0.2) is 70.2 Å². The molecule has 2 aliphatic rings. The van der Waals surface area contributed by atoms with Gasteiger partial charge in [-0.15, -0.1) is 0 Å². The van der Waals surface area contributed by atoms with Gasteiger partial charge in [0.2, 0.25) is 0 Å². The number of fused-ring (bicyclic) bond motifs is 3. The minimum Gasteiger partial charge on any atom is -0.480 e. The number of hydrogen-bond donors (Lipinski definition) is 2. The number of amides is 2. The number of nitrogens with zero attached hydrogens (tertiary/aromatic N) is 3. The number of hydrogen-bond acceptors (Lipinski definition) is 6. The lowest BCUT2D eigenvalue weighted by atomic mass is 9.98. The predicted molar refractivity (Wildman–Crippen MR) is 125 cm³/mol. The molecule has 1 aromatic heterocycles. The summed E-state index contributed by atoms with van der Waals surface area (Å²) in [5.74, 6) is -1.19. The smallest absolute Gasteiger partial charge is 0.412 e. The maximum absolute atomic E-state index is 12.7. The summed E-state index contributed by atoms with van der Waals surface area (Å²) >= 11 is 0. The summed E-state index contributed by atoms with van der Waals surface area (Å²) in [5.41, 5.74) is 4.81. The molecular weight excluding hydrogens is 452 g/mol. The van der Waals surface area contributed by atoms with Gasteiger partial charge in [0.1, 0.15) is 18.9 Å². The molecule has 0 atom stereocenters. The van der Waals surface area contributed by atoms with E-state index in [0.717, 1.165) is 22.3 Å². The third-order valence-corrected chi connectivity index (χ3v) is 6.25. The molecule has 1 aliphatic carbocycles. The molecule has 0 radical (unpaired) electrons. The van der Waals surface area contributed by atoms with Gasteiger partial charge >= 0.3 is 12.1 Å². The molecule has 10 nitrogen and oxygen atoms in total. The van der Waals surface area contributed by atoms with Crippen molar-refractivity contribution in [2.75, 3.05) is 31.6 Å². The van der Waals surface area contributed by atoms with Gasteiger partial charge in [-0.05, 0) is 22.3 Å². The average molecular weight is 476 g/mol. The van der Waals surface area contributed by atoms with E-state index in [1.165, 1.54) is 15.6 Å². The van der Waals surface area contributed by atoms with Crippen molar-refractivity contribution >= 4 is 23.8 Å². The first-order valence-corrected chi connectivity index (χ1v) is 11.2. The number of ether oxygens (including phenoxy) is 2. The maximum Gasteiger partial charge on any atom is 0.412 e. The minimum absolute atomic E-state index is 0.0586. The second kappa shape index (κ2) is 9.22. The zero-order chi connectivity index (χ0) is 24.5. The molecule has 0 bridgehead atoms. The van der Waals surface area contributed by atoms with E-state index in [0.29, 0.717) is 13.1 Å². The molecule has 3 aromatic rings. The number of rotatable bonds is 7. The van der Waals surface area contributed by atoms with Gasteiger partial charge in [-0.2, -0.15) is 5.10 Å². The second-order valence-electron chi connectivity index (χ2n) is 8.53. The van der Waals surface area contributed by atoms with Crippen molar-refractivity contribution in [2.24, 2.45) is 7.05 Å². The van der Waals surface area contributed by atoms with Gasteiger partial charge in [0.05, 0.1) is 6.10 Å². The molecule has 2 heterocycles. The maximum atomic E-state index is 12.7. The van der Waals surface area contributed by atoms with Crippen LogP contribution in [-0.2, 0) is 21.3 Å². The highest BCUT2D eigenvalue weighted by molar-refractivity contribution is 5.95. The molecule has 5 rings (SSSR count). The lowest BCUT2D eigenvalue weighted by Gasteiger charge is -2.38. The third-order valence-electron chi connectivity index (χ3n) is 6.25. The Labute approximate surface area is 201 Å². The van der Waals surface area contributed by atoms with E-state index in [2.05, 4.69) is 22.5 Å². The Hall–Kier alpha value is -4.18. The van der Waals surface area contributed by atoms with Gasteiger partial charge < -0.3 is 19.5 Å². The topological polar surface area (TPSA) is 123 Å². The number of aryl methyl sites for hydroxylation is 1. The van der Waals surface area contributed by atoms with E-state index in [-0.39, 0.29) is 36.0 Å². The fourth-order valence-corrected chi connectivity index (χ4v) is 4.53. The van der Waals surface area contributed by atoms with Crippen molar-refractivity contribution in [2.45, 2.75) is 12.0 Å². The van der Waals surface area contributed by atoms with Gasteiger partial charge in [0.15, 0.2) is 5.82 Å². The number of aromatic nitrogens is 2. The number of likely N-dealkylation sites (tertiary alicyclic amines) is 1. The highest BCUT2D eigenvalue weighted by Gasteiger charge is 2.34. The molecule has 1 fully saturated rings. The number of benzene rings is 2. The standard InChI is InChI=1S/C25H24N4O6/c1-28-21(24(32)29-11-15(12-29)34-14-23(30)31)10-22(27-28)26-25(33)35-13-20-18-8-4-2-6-16(18)17-7-3-5-9-19(17)20/h2-10,15,20H,11-14H2,1H3,(H,30,31)(H,26,27,33). The van der Waals surface area contributed by atoms with Crippen LogP contribution in [0.4, 0.5) is 10.6 Å². The van der Waals surface area contributed by atoms with Crippen molar-refractivity contribution in [1.82, 2.24) is 14.7 Å². The number of anilines is 1. The molecule has 2 N–H and O–H groups in total. The summed E-state index contributed by atoms with van der Waals surface area (Å²) in [5, 5.41) is 15.5. The molecule has 10 heteroatoms. The average Bonchev–Trinajstić information content (AvgIpc) is 3.33. The summed E-state index contributed by atoms with van der Waals surface area (Å²) in [6.07, 6.45) is -0.961. The monoisotopic (exact) mass is 476 g/mol. The molecule has 35 heavy (non-hydrogen) atoms. The second-order valence-corrected chi connectivity index (χ2v) is 8.53. The van der Waals surface area contributed by atoms with Crippen LogP contribution in [0.25, 0.3) is 11.1 Å². The van der Waals surface area contributed by atoms with Crippen LogP contribution >= 0.6 is 0 Å². The summed E-state index contributed by atoms with van der Waals surface area (Å²) in [4.78, 5) is 37.3.